The number of methoxy groups -OCH3 is 2. The number of hydrogen-bond donors (Lipinski definition) is 0. The molecule has 0 N–H and O–H groups in total. The zero-order chi connectivity index (χ0) is 14.8. The predicted molar refractivity (Wildman–Crippen MR) is 74.7 cm³/mol. The van der Waals surface area contributed by atoms with E-state index in [0.29, 0.717) is 30.1 Å². The van der Waals surface area contributed by atoms with E-state index in [4.69, 9.17) is 9.47 Å². The SMILES string of the molecule is COC(=O)[C@@]1(c2ccc(OC)cc2)C[C@@H](C)CCC1=O. The minimum absolute atomic E-state index is 0.0485. The van der Waals surface area contributed by atoms with Crippen LogP contribution >= 0.6 is 0 Å². The Morgan fingerprint density at radius 1 is 1.25 bits per heavy atom. The van der Waals surface area contributed by atoms with Gasteiger partial charge in [0.1, 0.15) is 5.75 Å². The Labute approximate surface area is 119 Å². The summed E-state index contributed by atoms with van der Waals surface area (Å²) in [6, 6.07) is 7.11. The average molecular weight is 276 g/mol. The number of rotatable bonds is 3. The van der Waals surface area contributed by atoms with E-state index in [2.05, 4.69) is 6.92 Å². The highest BCUT2D eigenvalue weighted by molar-refractivity contribution is 6.10. The highest BCUT2D eigenvalue weighted by Gasteiger charge is 2.50. The lowest BCUT2D eigenvalue weighted by Gasteiger charge is -2.36. The normalized spacial score (nSPS) is 26.1. The Balaban J connectivity index is 2.50. The van der Waals surface area contributed by atoms with Gasteiger partial charge in [0.15, 0.2) is 11.2 Å². The fourth-order valence-electron chi connectivity index (χ4n) is 2.97. The van der Waals surface area contributed by atoms with Gasteiger partial charge in [0.05, 0.1) is 14.2 Å². The maximum atomic E-state index is 12.5. The van der Waals surface area contributed by atoms with Gasteiger partial charge >= 0.3 is 5.97 Å². The number of carbonyl (C=O) groups excluding carboxylic acids is 2. The lowest BCUT2D eigenvalue weighted by atomic mass is 9.65. The zero-order valence-corrected chi connectivity index (χ0v) is 12.1. The van der Waals surface area contributed by atoms with Crippen molar-refractivity contribution in [2.75, 3.05) is 14.2 Å². The van der Waals surface area contributed by atoms with Crippen molar-refractivity contribution in [1.29, 1.82) is 0 Å². The molecule has 0 bridgehead atoms. The van der Waals surface area contributed by atoms with Crippen LogP contribution in [0.5, 0.6) is 5.75 Å². The zero-order valence-electron chi connectivity index (χ0n) is 12.1. The van der Waals surface area contributed by atoms with Crippen molar-refractivity contribution in [2.24, 2.45) is 5.92 Å². The summed E-state index contributed by atoms with van der Waals surface area (Å²) < 4.78 is 10.1. The molecule has 0 amide bonds. The van der Waals surface area contributed by atoms with Crippen LogP contribution in [0.1, 0.15) is 31.7 Å². The van der Waals surface area contributed by atoms with Gasteiger partial charge in [-0.3, -0.25) is 9.59 Å². The Hall–Kier alpha value is -1.84. The van der Waals surface area contributed by atoms with Crippen LogP contribution in [0.4, 0.5) is 0 Å². The molecular weight excluding hydrogens is 256 g/mol. The van der Waals surface area contributed by atoms with Crippen LogP contribution in [0.2, 0.25) is 0 Å². The first-order valence-corrected chi connectivity index (χ1v) is 6.81. The van der Waals surface area contributed by atoms with Crippen LogP contribution in [0.25, 0.3) is 0 Å². The van der Waals surface area contributed by atoms with Crippen LogP contribution in [0.15, 0.2) is 24.3 Å². The Bertz CT molecular complexity index is 496. The smallest absolute Gasteiger partial charge is 0.323 e. The van der Waals surface area contributed by atoms with Gasteiger partial charge in [-0.25, -0.2) is 0 Å². The van der Waals surface area contributed by atoms with Gasteiger partial charge in [-0.2, -0.15) is 0 Å². The molecule has 0 heterocycles. The van der Waals surface area contributed by atoms with Crippen molar-refractivity contribution in [3.63, 3.8) is 0 Å². The monoisotopic (exact) mass is 276 g/mol. The molecule has 1 aromatic rings. The fraction of sp³-hybridized carbons (Fsp3) is 0.500. The van der Waals surface area contributed by atoms with E-state index in [-0.39, 0.29) is 5.78 Å². The summed E-state index contributed by atoms with van der Waals surface area (Å²) >= 11 is 0. The molecule has 0 aliphatic heterocycles. The lowest BCUT2D eigenvalue weighted by molar-refractivity contribution is -0.154. The van der Waals surface area contributed by atoms with Crippen molar-refractivity contribution < 1.29 is 19.1 Å². The summed E-state index contributed by atoms with van der Waals surface area (Å²) in [7, 11) is 2.92. The summed E-state index contributed by atoms with van der Waals surface area (Å²) in [6.45, 7) is 2.06. The summed E-state index contributed by atoms with van der Waals surface area (Å²) in [5.74, 6) is 0.505. The highest BCUT2D eigenvalue weighted by atomic mass is 16.5. The van der Waals surface area contributed by atoms with Gasteiger partial charge in [-0.15, -0.1) is 0 Å². The van der Waals surface area contributed by atoms with Gasteiger partial charge < -0.3 is 9.47 Å². The topological polar surface area (TPSA) is 52.6 Å². The molecule has 0 aromatic heterocycles. The maximum Gasteiger partial charge on any atom is 0.323 e. The van der Waals surface area contributed by atoms with Crippen LogP contribution in [0.3, 0.4) is 0 Å². The van der Waals surface area contributed by atoms with Crippen molar-refractivity contribution in [3.05, 3.63) is 29.8 Å². The average Bonchev–Trinajstić information content (AvgIpc) is 2.49. The molecule has 1 saturated carbocycles. The summed E-state index contributed by atoms with van der Waals surface area (Å²) in [6.07, 6.45) is 1.75. The highest BCUT2D eigenvalue weighted by Crippen LogP contribution is 2.41. The van der Waals surface area contributed by atoms with Crippen molar-refractivity contribution in [1.82, 2.24) is 0 Å². The minimum atomic E-state index is -1.15. The van der Waals surface area contributed by atoms with Crippen LogP contribution in [-0.4, -0.2) is 26.0 Å². The number of hydrogen-bond acceptors (Lipinski definition) is 4. The van der Waals surface area contributed by atoms with Crippen LogP contribution in [0, 0.1) is 5.92 Å². The third-order valence-corrected chi connectivity index (χ3v) is 4.11. The molecule has 2 rings (SSSR count). The molecule has 0 radical (unpaired) electrons. The number of benzene rings is 1. The van der Waals surface area contributed by atoms with Gasteiger partial charge in [-0.1, -0.05) is 19.1 Å². The van der Waals surface area contributed by atoms with Gasteiger partial charge in [0.2, 0.25) is 0 Å². The first kappa shape index (κ1) is 14.6. The third-order valence-electron chi connectivity index (χ3n) is 4.11. The molecule has 1 aromatic carbocycles. The summed E-state index contributed by atoms with van der Waals surface area (Å²) in [5.41, 5.74) is -0.458. The second-order valence-electron chi connectivity index (χ2n) is 5.40. The molecule has 20 heavy (non-hydrogen) atoms. The molecule has 1 fully saturated rings. The second kappa shape index (κ2) is 5.65. The predicted octanol–water partition coefficient (Wildman–Crippen LogP) is 2.50. The molecule has 108 valence electrons. The second-order valence-corrected chi connectivity index (χ2v) is 5.40. The molecule has 1 aliphatic carbocycles. The van der Waals surface area contributed by atoms with E-state index in [1.54, 1.807) is 31.4 Å². The van der Waals surface area contributed by atoms with Crippen molar-refractivity contribution >= 4 is 11.8 Å². The Morgan fingerprint density at radius 2 is 1.90 bits per heavy atom. The number of carbonyl (C=O) groups is 2. The Kier molecular flexibility index (Phi) is 4.12. The number of ether oxygens (including phenoxy) is 2. The maximum absolute atomic E-state index is 12.5. The third kappa shape index (κ3) is 2.30. The number of Topliss-reactive ketones (excluding diaryl/α,β-unsaturated/α-hetero) is 1. The molecular formula is C16H20O4. The van der Waals surface area contributed by atoms with E-state index in [1.807, 2.05) is 0 Å². The van der Waals surface area contributed by atoms with Crippen molar-refractivity contribution in [3.8, 4) is 5.75 Å². The molecule has 0 saturated heterocycles. The number of esters is 1. The quantitative estimate of drug-likeness (QED) is 0.628. The lowest BCUT2D eigenvalue weighted by Crippen LogP contribution is -2.48. The summed E-state index contributed by atoms with van der Waals surface area (Å²) in [5, 5.41) is 0. The minimum Gasteiger partial charge on any atom is -0.497 e. The largest absolute Gasteiger partial charge is 0.497 e. The van der Waals surface area contributed by atoms with Gasteiger partial charge in [0.25, 0.3) is 0 Å². The van der Waals surface area contributed by atoms with E-state index < -0.39 is 11.4 Å². The fourth-order valence-corrected chi connectivity index (χ4v) is 2.97. The van der Waals surface area contributed by atoms with Crippen LogP contribution in [-0.2, 0) is 19.7 Å². The van der Waals surface area contributed by atoms with Gasteiger partial charge in [-0.05, 0) is 36.5 Å². The summed E-state index contributed by atoms with van der Waals surface area (Å²) in [4.78, 5) is 24.8. The molecule has 4 heteroatoms. The Morgan fingerprint density at radius 3 is 2.45 bits per heavy atom. The standard InChI is InChI=1S/C16H20O4/c1-11-4-9-14(17)16(10-11,15(18)20-3)12-5-7-13(19-2)8-6-12/h5-8,11H,4,9-10H2,1-3H3/t11-,16+/m0/s1. The number of ketones is 1. The van der Waals surface area contributed by atoms with Crippen molar-refractivity contribution in [2.45, 2.75) is 31.6 Å². The first-order chi connectivity index (χ1) is 9.54. The van der Waals surface area contributed by atoms with E-state index in [9.17, 15) is 9.59 Å². The van der Waals surface area contributed by atoms with Gasteiger partial charge in [0, 0.05) is 6.42 Å². The van der Waals surface area contributed by atoms with E-state index >= 15 is 0 Å². The molecule has 2 atom stereocenters. The van der Waals surface area contributed by atoms with E-state index in [0.717, 1.165) is 6.42 Å². The van der Waals surface area contributed by atoms with E-state index in [1.165, 1.54) is 7.11 Å². The molecule has 4 nitrogen and oxygen atoms in total. The first-order valence-electron chi connectivity index (χ1n) is 6.81. The molecule has 1 aliphatic rings. The van der Waals surface area contributed by atoms with Crippen LogP contribution < -0.4 is 4.74 Å². The molecule has 0 spiro atoms. The molecule has 0 unspecified atom stereocenters.